The normalized spacial score (nSPS) is 15.7. The van der Waals surface area contributed by atoms with Crippen LogP contribution in [0, 0.1) is 13.8 Å². The number of carbonyl (C=O) groups excluding carboxylic acids is 3. The number of hydrogen-bond acceptors (Lipinski definition) is 6. The summed E-state index contributed by atoms with van der Waals surface area (Å²) in [6.45, 7) is 3.55. The molecule has 2 heterocycles. The number of carbonyl (C=O) groups is 3. The number of amides is 1. The molecule has 30 heavy (non-hydrogen) atoms. The van der Waals surface area contributed by atoms with Crippen LogP contribution in [0.1, 0.15) is 28.1 Å². The van der Waals surface area contributed by atoms with Crippen LogP contribution >= 0.6 is 0 Å². The molecule has 0 radical (unpaired) electrons. The van der Waals surface area contributed by atoms with E-state index in [9.17, 15) is 14.4 Å². The van der Waals surface area contributed by atoms with Gasteiger partial charge in [0.25, 0.3) is 5.91 Å². The summed E-state index contributed by atoms with van der Waals surface area (Å²) in [5.41, 5.74) is 4.50. The fraction of sp³-hybridized carbons (Fsp3) is 0.364. The van der Waals surface area contributed by atoms with Gasteiger partial charge in [0.2, 0.25) is 0 Å². The Bertz CT molecular complexity index is 1010. The lowest BCUT2D eigenvalue weighted by Gasteiger charge is -2.35. The van der Waals surface area contributed by atoms with Crippen LogP contribution in [0.15, 0.2) is 30.3 Å². The van der Waals surface area contributed by atoms with Crippen LogP contribution in [0.2, 0.25) is 0 Å². The summed E-state index contributed by atoms with van der Waals surface area (Å²) in [5.74, 6) is -1.58. The minimum Gasteiger partial charge on any atom is -0.467 e. The van der Waals surface area contributed by atoms with E-state index in [0.717, 1.165) is 28.1 Å². The predicted molar refractivity (Wildman–Crippen MR) is 109 cm³/mol. The molecule has 1 aromatic carbocycles. The monoisotopic (exact) mass is 411 g/mol. The molecule has 2 aromatic rings. The van der Waals surface area contributed by atoms with Crippen molar-refractivity contribution >= 4 is 23.9 Å². The molecule has 1 aromatic heterocycles. The number of esters is 2. The van der Waals surface area contributed by atoms with Gasteiger partial charge in [-0.25, -0.2) is 9.59 Å². The highest BCUT2D eigenvalue weighted by Gasteiger charge is 2.35. The first kappa shape index (κ1) is 21.3. The van der Waals surface area contributed by atoms with E-state index in [2.05, 4.69) is 5.10 Å². The number of ether oxygens (including phenoxy) is 2. The lowest BCUT2D eigenvalue weighted by Crippen LogP contribution is -2.50. The van der Waals surface area contributed by atoms with E-state index in [1.54, 1.807) is 10.8 Å². The number of aryl methyl sites for hydroxylation is 2. The van der Waals surface area contributed by atoms with Gasteiger partial charge in [0, 0.05) is 37.3 Å². The molecule has 158 valence electrons. The lowest BCUT2D eigenvalue weighted by molar-refractivity contribution is -0.158. The molecule has 0 fully saturated rings. The molecule has 1 aliphatic heterocycles. The zero-order chi connectivity index (χ0) is 21.8. The first-order valence-corrected chi connectivity index (χ1v) is 9.61. The molecule has 8 nitrogen and oxygen atoms in total. The Kier molecular flexibility index (Phi) is 6.34. The molecule has 0 bridgehead atoms. The van der Waals surface area contributed by atoms with Gasteiger partial charge in [-0.2, -0.15) is 5.10 Å². The van der Waals surface area contributed by atoms with Crippen LogP contribution in [0.5, 0.6) is 0 Å². The fourth-order valence-corrected chi connectivity index (χ4v) is 3.58. The molecule has 1 amide bonds. The van der Waals surface area contributed by atoms with Crippen molar-refractivity contribution in [2.45, 2.75) is 32.9 Å². The third-order valence-corrected chi connectivity index (χ3v) is 5.33. The summed E-state index contributed by atoms with van der Waals surface area (Å²) in [6.07, 6.45) is 3.26. The summed E-state index contributed by atoms with van der Waals surface area (Å²) < 4.78 is 11.7. The van der Waals surface area contributed by atoms with E-state index in [1.807, 2.05) is 45.2 Å². The highest BCUT2D eigenvalue weighted by atomic mass is 16.5. The second kappa shape index (κ2) is 8.94. The quantitative estimate of drug-likeness (QED) is 0.550. The number of benzene rings is 1. The topological polar surface area (TPSA) is 90.7 Å². The lowest BCUT2D eigenvalue weighted by atomic mass is 9.94. The molecule has 0 unspecified atom stereocenters. The second-order valence-corrected chi connectivity index (χ2v) is 7.18. The maximum absolute atomic E-state index is 12.7. The third-order valence-electron chi connectivity index (χ3n) is 5.33. The molecule has 3 rings (SSSR count). The maximum atomic E-state index is 12.7. The molecular formula is C22H25N3O5. The van der Waals surface area contributed by atoms with Gasteiger partial charge in [-0.3, -0.25) is 9.48 Å². The van der Waals surface area contributed by atoms with Gasteiger partial charge in [0.15, 0.2) is 6.61 Å². The Morgan fingerprint density at radius 2 is 1.90 bits per heavy atom. The van der Waals surface area contributed by atoms with Crippen molar-refractivity contribution < 1.29 is 23.9 Å². The Morgan fingerprint density at radius 3 is 2.53 bits per heavy atom. The number of nitrogens with zero attached hydrogens (tertiary/aromatic N) is 3. The van der Waals surface area contributed by atoms with Crippen LogP contribution in [-0.2, 0) is 43.9 Å². The number of methoxy groups -OCH3 is 1. The van der Waals surface area contributed by atoms with E-state index in [-0.39, 0.29) is 6.54 Å². The smallest absolute Gasteiger partial charge is 0.331 e. The van der Waals surface area contributed by atoms with Gasteiger partial charge in [-0.1, -0.05) is 24.3 Å². The molecule has 0 saturated heterocycles. The van der Waals surface area contributed by atoms with Crippen molar-refractivity contribution in [1.29, 1.82) is 0 Å². The van der Waals surface area contributed by atoms with Crippen molar-refractivity contribution in [3.63, 3.8) is 0 Å². The summed E-state index contributed by atoms with van der Waals surface area (Å²) in [4.78, 5) is 38.5. The standard InChI is InChI=1S/C22H25N3O5/c1-14-18(15(2)24(3)23-14)9-10-21(27)30-13-20(26)25-12-17-8-6-5-7-16(17)11-19(25)22(28)29-4/h5-10,19H,11-13H2,1-4H3/b10-9+/t19-/m1/s1. The van der Waals surface area contributed by atoms with Crippen molar-refractivity contribution in [3.8, 4) is 0 Å². The minimum absolute atomic E-state index is 0.260. The fourth-order valence-electron chi connectivity index (χ4n) is 3.58. The van der Waals surface area contributed by atoms with Gasteiger partial charge in [0.05, 0.1) is 12.8 Å². The van der Waals surface area contributed by atoms with E-state index >= 15 is 0 Å². The Labute approximate surface area is 175 Å². The zero-order valence-electron chi connectivity index (χ0n) is 17.5. The average Bonchev–Trinajstić information content (AvgIpc) is 2.99. The van der Waals surface area contributed by atoms with E-state index in [1.165, 1.54) is 18.1 Å². The summed E-state index contributed by atoms with van der Waals surface area (Å²) in [7, 11) is 3.11. The highest BCUT2D eigenvalue weighted by molar-refractivity contribution is 5.91. The molecule has 0 spiro atoms. The van der Waals surface area contributed by atoms with Crippen molar-refractivity contribution in [2.24, 2.45) is 7.05 Å². The molecule has 8 heteroatoms. The van der Waals surface area contributed by atoms with Crippen LogP contribution in [0.25, 0.3) is 6.08 Å². The number of fused-ring (bicyclic) bond motifs is 1. The van der Waals surface area contributed by atoms with Gasteiger partial charge >= 0.3 is 11.9 Å². The van der Waals surface area contributed by atoms with Crippen LogP contribution in [0.3, 0.4) is 0 Å². The highest BCUT2D eigenvalue weighted by Crippen LogP contribution is 2.24. The molecule has 1 aliphatic rings. The summed E-state index contributed by atoms with van der Waals surface area (Å²) in [5, 5.41) is 4.28. The van der Waals surface area contributed by atoms with Gasteiger partial charge in [0.1, 0.15) is 6.04 Å². The SMILES string of the molecule is COC(=O)[C@H]1Cc2ccccc2CN1C(=O)COC(=O)/C=C/c1c(C)nn(C)c1C. The predicted octanol–water partition coefficient (Wildman–Crippen LogP) is 1.72. The Hall–Kier alpha value is -3.42. The summed E-state index contributed by atoms with van der Waals surface area (Å²) in [6, 6.07) is 6.88. The Morgan fingerprint density at radius 1 is 1.20 bits per heavy atom. The molecule has 0 aliphatic carbocycles. The molecule has 0 saturated carbocycles. The number of aromatic nitrogens is 2. The third kappa shape index (κ3) is 4.42. The van der Waals surface area contributed by atoms with Gasteiger partial charge in [-0.05, 0) is 31.1 Å². The number of rotatable bonds is 5. The average molecular weight is 411 g/mol. The zero-order valence-corrected chi connectivity index (χ0v) is 17.5. The largest absolute Gasteiger partial charge is 0.467 e. The van der Waals surface area contributed by atoms with Crippen LogP contribution in [-0.4, -0.2) is 52.3 Å². The maximum Gasteiger partial charge on any atom is 0.331 e. The first-order chi connectivity index (χ1) is 14.3. The van der Waals surface area contributed by atoms with Crippen LogP contribution in [0.4, 0.5) is 0 Å². The van der Waals surface area contributed by atoms with Crippen molar-refractivity contribution in [3.05, 3.63) is 58.4 Å². The molecule has 0 N–H and O–H groups in total. The second-order valence-electron chi connectivity index (χ2n) is 7.18. The van der Waals surface area contributed by atoms with Crippen molar-refractivity contribution in [1.82, 2.24) is 14.7 Å². The first-order valence-electron chi connectivity index (χ1n) is 9.61. The van der Waals surface area contributed by atoms with E-state index < -0.39 is 30.5 Å². The molecule has 1 atom stereocenters. The van der Waals surface area contributed by atoms with E-state index in [4.69, 9.17) is 9.47 Å². The minimum atomic E-state index is -0.743. The summed E-state index contributed by atoms with van der Waals surface area (Å²) >= 11 is 0. The Balaban J connectivity index is 1.66. The van der Waals surface area contributed by atoms with Gasteiger partial charge in [-0.15, -0.1) is 0 Å². The van der Waals surface area contributed by atoms with Gasteiger partial charge < -0.3 is 14.4 Å². The van der Waals surface area contributed by atoms with E-state index in [0.29, 0.717) is 6.42 Å². The van der Waals surface area contributed by atoms with Crippen LogP contribution < -0.4 is 0 Å². The molecular weight excluding hydrogens is 386 g/mol. The number of hydrogen-bond donors (Lipinski definition) is 0. The van der Waals surface area contributed by atoms with Crippen molar-refractivity contribution in [2.75, 3.05) is 13.7 Å².